The van der Waals surface area contributed by atoms with Crippen LogP contribution in [-0.4, -0.2) is 80.8 Å². The molecular formula is C25H32N2O4. The second-order valence-corrected chi connectivity index (χ2v) is 7.92. The Kier molecular flexibility index (Phi) is 7.70. The molecule has 166 valence electrons. The zero-order valence-corrected chi connectivity index (χ0v) is 18.2. The highest BCUT2D eigenvalue weighted by Gasteiger charge is 2.39. The van der Waals surface area contributed by atoms with Gasteiger partial charge in [-0.1, -0.05) is 30.3 Å². The zero-order valence-electron chi connectivity index (χ0n) is 18.2. The van der Waals surface area contributed by atoms with Gasteiger partial charge in [0.25, 0.3) is 0 Å². The lowest BCUT2D eigenvalue weighted by Gasteiger charge is -2.44. The van der Waals surface area contributed by atoms with E-state index >= 15 is 0 Å². The van der Waals surface area contributed by atoms with Gasteiger partial charge >= 0.3 is 0 Å². The number of nitrogens with zero attached hydrogens (tertiary/aromatic N) is 2. The topological polar surface area (TPSA) is 51.2 Å². The second kappa shape index (κ2) is 10.9. The highest BCUT2D eigenvalue weighted by atomic mass is 16.5. The van der Waals surface area contributed by atoms with Crippen LogP contribution in [0.15, 0.2) is 54.6 Å². The lowest BCUT2D eigenvalue weighted by molar-refractivity contribution is -0.0301. The molecule has 6 heteroatoms. The quantitative estimate of drug-likeness (QED) is 0.607. The number of hydrogen-bond acceptors (Lipinski definition) is 6. The molecule has 0 bridgehead atoms. The fourth-order valence-electron chi connectivity index (χ4n) is 4.52. The first kappa shape index (κ1) is 22.0. The molecule has 6 nitrogen and oxygen atoms in total. The summed E-state index contributed by atoms with van der Waals surface area (Å²) in [5.74, 6) is 0.931. The van der Waals surface area contributed by atoms with Gasteiger partial charge in [-0.2, -0.15) is 0 Å². The fraction of sp³-hybridized carbons (Fsp3) is 0.480. The third-order valence-electron chi connectivity index (χ3n) is 6.04. The highest BCUT2D eigenvalue weighted by molar-refractivity contribution is 6.00. The van der Waals surface area contributed by atoms with Gasteiger partial charge < -0.3 is 14.2 Å². The molecule has 2 fully saturated rings. The van der Waals surface area contributed by atoms with Crippen LogP contribution in [-0.2, 0) is 9.47 Å². The van der Waals surface area contributed by atoms with E-state index in [2.05, 4.69) is 34.1 Å². The van der Waals surface area contributed by atoms with E-state index in [9.17, 15) is 4.79 Å². The predicted molar refractivity (Wildman–Crippen MR) is 120 cm³/mol. The average Bonchev–Trinajstić information content (AvgIpc) is 2.84. The Balaban J connectivity index is 1.71. The van der Waals surface area contributed by atoms with E-state index in [1.54, 1.807) is 0 Å². The Morgan fingerprint density at radius 3 is 2.03 bits per heavy atom. The molecule has 4 rings (SSSR count). The first-order valence-corrected chi connectivity index (χ1v) is 11.2. The zero-order chi connectivity index (χ0) is 21.5. The van der Waals surface area contributed by atoms with Crippen LogP contribution in [0.5, 0.6) is 5.75 Å². The Morgan fingerprint density at radius 1 is 0.871 bits per heavy atom. The molecule has 0 aromatic heterocycles. The Labute approximate surface area is 184 Å². The van der Waals surface area contributed by atoms with Crippen molar-refractivity contribution in [3.63, 3.8) is 0 Å². The van der Waals surface area contributed by atoms with Crippen LogP contribution in [0.3, 0.4) is 0 Å². The number of hydrogen-bond donors (Lipinski definition) is 0. The van der Waals surface area contributed by atoms with Gasteiger partial charge in [0.1, 0.15) is 5.75 Å². The van der Waals surface area contributed by atoms with E-state index in [0.717, 1.165) is 31.9 Å². The molecule has 0 saturated carbocycles. The molecule has 2 aliphatic heterocycles. The lowest BCUT2D eigenvalue weighted by Crippen LogP contribution is -2.55. The van der Waals surface area contributed by atoms with E-state index in [4.69, 9.17) is 14.2 Å². The third-order valence-corrected chi connectivity index (χ3v) is 6.04. The van der Waals surface area contributed by atoms with Gasteiger partial charge in [-0.15, -0.1) is 0 Å². The number of rotatable bonds is 8. The van der Waals surface area contributed by atoms with E-state index in [-0.39, 0.29) is 17.9 Å². The van der Waals surface area contributed by atoms with Crippen molar-refractivity contribution in [1.29, 1.82) is 0 Å². The number of carbonyl (C=O) groups excluding carboxylic acids is 1. The van der Waals surface area contributed by atoms with Crippen LogP contribution in [0.25, 0.3) is 0 Å². The Hall–Kier alpha value is -2.25. The molecule has 0 N–H and O–H groups in total. The van der Waals surface area contributed by atoms with E-state index in [1.807, 2.05) is 37.3 Å². The standard InChI is InChI=1S/C25H32N2O4/c1-2-31-22-10-8-21(9-11-22)25(28)24(27-14-18-30-19-15-27)23(20-6-4-3-5-7-20)26-12-16-29-17-13-26/h3-11,23-24H,2,12-19H2,1H3/t23-,24-/m0/s1. The highest BCUT2D eigenvalue weighted by Crippen LogP contribution is 2.31. The maximum Gasteiger partial charge on any atom is 0.181 e. The number of ketones is 1. The van der Waals surface area contributed by atoms with Crippen molar-refractivity contribution in [2.75, 3.05) is 59.2 Å². The van der Waals surface area contributed by atoms with Crippen molar-refractivity contribution < 1.29 is 19.0 Å². The summed E-state index contributed by atoms with van der Waals surface area (Å²) in [6.07, 6.45) is 0. The molecule has 2 heterocycles. The van der Waals surface area contributed by atoms with Gasteiger partial charge in [0.15, 0.2) is 5.78 Å². The first-order chi connectivity index (χ1) is 15.3. The largest absolute Gasteiger partial charge is 0.494 e. The maximum absolute atomic E-state index is 14.0. The number of Topliss-reactive ketones (excluding diaryl/α,β-unsaturated/α-hetero) is 1. The summed E-state index contributed by atoms with van der Waals surface area (Å²) >= 11 is 0. The normalized spacial score (nSPS) is 20.2. The lowest BCUT2D eigenvalue weighted by atomic mass is 9.89. The van der Waals surface area contributed by atoms with Crippen molar-refractivity contribution in [1.82, 2.24) is 9.80 Å². The van der Waals surface area contributed by atoms with Gasteiger partial charge in [-0.3, -0.25) is 14.6 Å². The summed E-state index contributed by atoms with van der Waals surface area (Å²) < 4.78 is 16.8. The number of morpholine rings is 2. The summed E-state index contributed by atoms with van der Waals surface area (Å²) in [4.78, 5) is 18.7. The summed E-state index contributed by atoms with van der Waals surface area (Å²) in [5.41, 5.74) is 1.88. The Bertz CT molecular complexity index is 815. The van der Waals surface area contributed by atoms with Crippen molar-refractivity contribution in [3.8, 4) is 5.75 Å². The van der Waals surface area contributed by atoms with Gasteiger partial charge in [0, 0.05) is 31.7 Å². The number of ether oxygens (including phenoxy) is 3. The molecule has 0 unspecified atom stereocenters. The smallest absolute Gasteiger partial charge is 0.181 e. The van der Waals surface area contributed by atoms with Gasteiger partial charge in [0.05, 0.1) is 45.1 Å². The molecular weight excluding hydrogens is 392 g/mol. The minimum absolute atomic E-state index is 0.0396. The second-order valence-electron chi connectivity index (χ2n) is 7.92. The molecule has 0 spiro atoms. The molecule has 0 amide bonds. The Morgan fingerprint density at radius 2 is 1.45 bits per heavy atom. The minimum atomic E-state index is -0.289. The SMILES string of the molecule is CCOc1ccc(C(=O)[C@H]([C@H](c2ccccc2)N2CCOCC2)N2CCOCC2)cc1. The van der Waals surface area contributed by atoms with Crippen molar-refractivity contribution in [2.24, 2.45) is 0 Å². The van der Waals surface area contributed by atoms with Crippen molar-refractivity contribution in [3.05, 3.63) is 65.7 Å². The van der Waals surface area contributed by atoms with Crippen molar-refractivity contribution in [2.45, 2.75) is 19.0 Å². The van der Waals surface area contributed by atoms with E-state index < -0.39 is 0 Å². The molecule has 2 aromatic carbocycles. The number of carbonyl (C=O) groups is 1. The summed E-state index contributed by atoms with van der Waals surface area (Å²) in [6.45, 7) is 8.38. The van der Waals surface area contributed by atoms with Crippen LogP contribution in [0, 0.1) is 0 Å². The molecule has 2 saturated heterocycles. The maximum atomic E-state index is 14.0. The average molecular weight is 425 g/mol. The molecule has 31 heavy (non-hydrogen) atoms. The minimum Gasteiger partial charge on any atom is -0.494 e. The van der Waals surface area contributed by atoms with Gasteiger partial charge in [0.2, 0.25) is 0 Å². The van der Waals surface area contributed by atoms with E-state index in [0.29, 0.717) is 38.6 Å². The first-order valence-electron chi connectivity index (χ1n) is 11.2. The molecule has 0 radical (unpaired) electrons. The van der Waals surface area contributed by atoms with Gasteiger partial charge in [-0.05, 0) is 36.8 Å². The summed E-state index contributed by atoms with van der Waals surface area (Å²) in [6, 6.07) is 17.6. The summed E-state index contributed by atoms with van der Waals surface area (Å²) in [7, 11) is 0. The van der Waals surface area contributed by atoms with Crippen molar-refractivity contribution >= 4 is 5.78 Å². The third kappa shape index (κ3) is 5.33. The van der Waals surface area contributed by atoms with Crippen LogP contribution in [0.1, 0.15) is 28.9 Å². The van der Waals surface area contributed by atoms with Crippen LogP contribution < -0.4 is 4.74 Å². The molecule has 0 aliphatic carbocycles. The van der Waals surface area contributed by atoms with E-state index in [1.165, 1.54) is 5.56 Å². The van der Waals surface area contributed by atoms with Crippen LogP contribution >= 0.6 is 0 Å². The monoisotopic (exact) mass is 424 g/mol. The molecule has 2 aromatic rings. The van der Waals surface area contributed by atoms with Crippen LogP contribution in [0.4, 0.5) is 0 Å². The van der Waals surface area contributed by atoms with Crippen LogP contribution in [0.2, 0.25) is 0 Å². The van der Waals surface area contributed by atoms with Gasteiger partial charge in [-0.25, -0.2) is 0 Å². The number of benzene rings is 2. The molecule has 2 aliphatic rings. The summed E-state index contributed by atoms with van der Waals surface area (Å²) in [5, 5.41) is 0. The molecule has 2 atom stereocenters. The predicted octanol–water partition coefficient (Wildman–Crippen LogP) is 3.04. The fourth-order valence-corrected chi connectivity index (χ4v) is 4.52.